The fourth-order valence-electron chi connectivity index (χ4n) is 5.40. The van der Waals surface area contributed by atoms with Crippen molar-refractivity contribution in [1.29, 1.82) is 0 Å². The Bertz CT molecular complexity index is 1200. The first-order valence-electron chi connectivity index (χ1n) is 12.4. The molecular formula is C27H27Cl3N7V. The number of aromatic nitrogens is 1. The van der Waals surface area contributed by atoms with Crippen molar-refractivity contribution in [3.05, 3.63) is 77.4 Å². The molecule has 0 amide bonds. The maximum absolute atomic E-state index is 4.86. The van der Waals surface area contributed by atoms with E-state index in [0.717, 1.165) is 49.0 Å². The summed E-state index contributed by atoms with van der Waals surface area (Å²) in [5.74, 6) is 1.37. The van der Waals surface area contributed by atoms with Crippen molar-refractivity contribution in [2.75, 3.05) is 26.2 Å². The number of fused-ring (bicyclic) bond motifs is 2. The summed E-state index contributed by atoms with van der Waals surface area (Å²) in [6, 6.07) is 5.91. The van der Waals surface area contributed by atoms with Crippen LogP contribution < -0.4 is 37.2 Å². The van der Waals surface area contributed by atoms with E-state index in [1.807, 2.05) is 18.2 Å². The number of halogens is 3. The zero-order chi connectivity index (χ0) is 22.5. The average Bonchev–Trinajstić information content (AvgIpc) is 3.69. The number of hydrogen-bond acceptors (Lipinski definition) is 7. The smallest absolute Gasteiger partial charge is 1.00 e. The zero-order valence-electron chi connectivity index (χ0n) is 20.7. The molecule has 38 heavy (non-hydrogen) atoms. The van der Waals surface area contributed by atoms with Gasteiger partial charge in [-0.05, 0) is 62.1 Å². The Morgan fingerprint density at radius 1 is 0.632 bits per heavy atom. The van der Waals surface area contributed by atoms with Crippen LogP contribution in [0.4, 0.5) is 0 Å². The molecule has 196 valence electrons. The molecule has 2 saturated heterocycles. The van der Waals surface area contributed by atoms with Crippen LogP contribution >= 0.6 is 0 Å². The van der Waals surface area contributed by atoms with E-state index in [0.29, 0.717) is 11.7 Å². The van der Waals surface area contributed by atoms with E-state index in [9.17, 15) is 0 Å². The number of allylic oxidation sites excluding steroid dienone is 2. The summed E-state index contributed by atoms with van der Waals surface area (Å²) < 4.78 is 0. The maximum atomic E-state index is 4.86. The van der Waals surface area contributed by atoms with Crippen molar-refractivity contribution in [3.63, 3.8) is 0 Å². The van der Waals surface area contributed by atoms with Crippen molar-refractivity contribution in [2.45, 2.75) is 37.8 Å². The van der Waals surface area contributed by atoms with E-state index >= 15 is 0 Å². The first-order chi connectivity index (χ1) is 16.8. The van der Waals surface area contributed by atoms with Crippen molar-refractivity contribution in [2.24, 2.45) is 20.0 Å². The van der Waals surface area contributed by atoms with E-state index in [4.69, 9.17) is 25.0 Å². The van der Waals surface area contributed by atoms with Crippen molar-refractivity contribution >= 4 is 23.1 Å². The Morgan fingerprint density at radius 3 is 1.47 bits per heavy atom. The van der Waals surface area contributed by atoms with Crippen molar-refractivity contribution in [1.82, 2.24) is 14.8 Å². The van der Waals surface area contributed by atoms with Gasteiger partial charge in [-0.15, -0.1) is 0 Å². The predicted octanol–water partition coefficient (Wildman–Crippen LogP) is -5.67. The summed E-state index contributed by atoms with van der Waals surface area (Å²) in [6.45, 7) is 4.50. The van der Waals surface area contributed by atoms with Crippen LogP contribution in [0.5, 0.6) is 0 Å². The predicted molar refractivity (Wildman–Crippen MR) is 136 cm³/mol. The van der Waals surface area contributed by atoms with Gasteiger partial charge >= 0.3 is 18.6 Å². The molecule has 1 aromatic heterocycles. The van der Waals surface area contributed by atoms with Crippen molar-refractivity contribution < 1.29 is 55.8 Å². The minimum absolute atomic E-state index is 0. The molecule has 2 fully saturated rings. The molecule has 7 nitrogen and oxygen atoms in total. The Kier molecular flexibility index (Phi) is 10.2. The number of amidine groups is 2. The molecule has 0 aromatic carbocycles. The standard InChI is InChI=1S/C27H27N7.3ClH.V/c1-2-13-33(12-1)18-8-10-20-24(16-18)31-26(29-20)22-6-5-7-23(28-22)27-30-21-11-9-19(17-25(21)32-27)34-14-3-4-15-34;;;;/h5-11,16-17,20-21H,1-4,12-15H2;3*1H;/q;;;;+3/p-3. The van der Waals surface area contributed by atoms with Crippen molar-refractivity contribution in [3.8, 4) is 0 Å². The molecule has 0 N–H and O–H groups in total. The van der Waals surface area contributed by atoms with Crippen LogP contribution in [-0.4, -0.2) is 76.1 Å². The molecule has 0 bridgehead atoms. The Morgan fingerprint density at radius 2 is 1.05 bits per heavy atom. The van der Waals surface area contributed by atoms with Crippen LogP contribution in [-0.2, 0) is 18.6 Å². The summed E-state index contributed by atoms with van der Waals surface area (Å²) in [7, 11) is 0. The number of likely N-dealkylation sites (tertiary alicyclic amines) is 2. The summed E-state index contributed by atoms with van der Waals surface area (Å²) in [5.41, 5.74) is 6.04. The van der Waals surface area contributed by atoms with Gasteiger partial charge in [0.25, 0.3) is 0 Å². The minimum atomic E-state index is -0.0157. The summed E-state index contributed by atoms with van der Waals surface area (Å²) in [5, 5.41) is 0. The second-order valence-corrected chi connectivity index (χ2v) is 9.52. The fraction of sp³-hybridized carbons (Fsp3) is 0.370. The van der Waals surface area contributed by atoms with Crippen LogP contribution in [0, 0.1) is 0 Å². The second kappa shape index (κ2) is 12.8. The number of hydrogen-bond donors (Lipinski definition) is 0. The van der Waals surface area contributed by atoms with E-state index < -0.39 is 0 Å². The van der Waals surface area contributed by atoms with Gasteiger partial charge in [0.2, 0.25) is 0 Å². The summed E-state index contributed by atoms with van der Waals surface area (Å²) in [6.07, 6.45) is 18.1. The quantitative estimate of drug-likeness (QED) is 0.344. The molecule has 2 unspecified atom stereocenters. The van der Waals surface area contributed by atoms with Gasteiger partial charge in [0.1, 0.15) is 23.5 Å². The molecule has 5 heterocycles. The van der Waals surface area contributed by atoms with Gasteiger partial charge < -0.3 is 47.0 Å². The molecule has 0 radical (unpaired) electrons. The van der Waals surface area contributed by atoms with E-state index in [1.165, 1.54) is 37.1 Å². The summed E-state index contributed by atoms with van der Waals surface area (Å²) in [4.78, 5) is 29.1. The number of rotatable bonds is 4. The largest absolute Gasteiger partial charge is 3.00 e. The minimum Gasteiger partial charge on any atom is -1.00 e. The van der Waals surface area contributed by atoms with Gasteiger partial charge in [-0.1, -0.05) is 18.2 Å². The molecule has 7 rings (SSSR count). The third-order valence-corrected chi connectivity index (χ3v) is 7.24. The average molecular weight is 607 g/mol. The van der Waals surface area contributed by atoms with Crippen LogP contribution in [0.2, 0.25) is 0 Å². The number of aliphatic imine (C=N–C) groups is 4. The molecule has 0 saturated carbocycles. The maximum Gasteiger partial charge on any atom is 3.00 e. The Labute approximate surface area is 253 Å². The van der Waals surface area contributed by atoms with Gasteiger partial charge in [-0.25, -0.2) is 15.0 Å². The van der Waals surface area contributed by atoms with Gasteiger partial charge in [0.15, 0.2) is 11.7 Å². The summed E-state index contributed by atoms with van der Waals surface area (Å²) >= 11 is 0. The second-order valence-electron chi connectivity index (χ2n) is 9.52. The first-order valence-corrected chi connectivity index (χ1v) is 12.4. The molecule has 11 heteroatoms. The molecule has 1 aromatic rings. The third-order valence-electron chi connectivity index (χ3n) is 7.24. The zero-order valence-corrected chi connectivity index (χ0v) is 24.4. The molecule has 6 aliphatic rings. The van der Waals surface area contributed by atoms with E-state index in [2.05, 4.69) is 46.3 Å². The first kappa shape index (κ1) is 30.4. The van der Waals surface area contributed by atoms with Gasteiger partial charge in [-0.2, -0.15) is 0 Å². The van der Waals surface area contributed by atoms with Crippen LogP contribution in [0.15, 0.2) is 86.0 Å². The van der Waals surface area contributed by atoms with Gasteiger partial charge in [0.05, 0.1) is 11.4 Å². The Hall–Kier alpha value is -2.16. The van der Waals surface area contributed by atoms with Crippen LogP contribution in [0.25, 0.3) is 0 Å². The van der Waals surface area contributed by atoms with Gasteiger partial charge in [-0.3, -0.25) is 9.98 Å². The van der Waals surface area contributed by atoms with Crippen LogP contribution in [0.1, 0.15) is 37.1 Å². The normalized spacial score (nSPS) is 24.3. The number of pyridine rings is 1. The van der Waals surface area contributed by atoms with Gasteiger partial charge in [0, 0.05) is 37.6 Å². The molecule has 2 aliphatic carbocycles. The molecular weight excluding hydrogens is 580 g/mol. The number of nitrogens with zero attached hydrogens (tertiary/aromatic N) is 7. The molecule has 0 spiro atoms. The molecule has 4 aliphatic heterocycles. The molecule has 2 atom stereocenters. The fourth-order valence-corrected chi connectivity index (χ4v) is 5.40. The third kappa shape index (κ3) is 5.73. The monoisotopic (exact) mass is 605 g/mol. The van der Waals surface area contributed by atoms with E-state index in [-0.39, 0.29) is 67.9 Å². The topological polar surface area (TPSA) is 68.8 Å². The SMILES string of the molecule is C1=CC2N=C(c3cccc(C4=NC5C=CC(N6CCCC6)=CC5=N4)n3)N=C2C=C1N1CCCC1.[Cl-].[Cl-].[Cl-].[V+3]. The van der Waals surface area contributed by atoms with Crippen LogP contribution in [0.3, 0.4) is 0 Å². The Balaban J connectivity index is 0.000001000. The van der Waals surface area contributed by atoms with E-state index in [1.54, 1.807) is 0 Å².